The van der Waals surface area contributed by atoms with Gasteiger partial charge < -0.3 is 5.32 Å². The molecular formula is C18H29BrN2. The van der Waals surface area contributed by atoms with Crippen LogP contribution in [0.25, 0.3) is 0 Å². The van der Waals surface area contributed by atoms with Crippen molar-refractivity contribution in [1.82, 2.24) is 10.2 Å². The van der Waals surface area contributed by atoms with Crippen molar-refractivity contribution in [3.63, 3.8) is 0 Å². The van der Waals surface area contributed by atoms with Crippen LogP contribution in [-0.4, -0.2) is 23.5 Å². The lowest BCUT2D eigenvalue weighted by Gasteiger charge is -2.31. The van der Waals surface area contributed by atoms with Crippen LogP contribution < -0.4 is 5.32 Å². The van der Waals surface area contributed by atoms with Crippen molar-refractivity contribution < 1.29 is 0 Å². The molecule has 118 valence electrons. The minimum Gasteiger partial charge on any atom is -0.308 e. The first-order valence-corrected chi connectivity index (χ1v) is 8.87. The maximum Gasteiger partial charge on any atom is 0.0245 e. The summed E-state index contributed by atoms with van der Waals surface area (Å²) in [5, 5.41) is 3.54. The number of hydrogen-bond acceptors (Lipinski definition) is 2. The fourth-order valence-corrected chi connectivity index (χ4v) is 3.42. The molecule has 0 spiro atoms. The van der Waals surface area contributed by atoms with Crippen molar-refractivity contribution in [3.8, 4) is 0 Å². The molecule has 1 aliphatic rings. The number of benzene rings is 1. The Balaban J connectivity index is 1.95. The predicted molar refractivity (Wildman–Crippen MR) is 94.4 cm³/mol. The van der Waals surface area contributed by atoms with Gasteiger partial charge in [0.15, 0.2) is 0 Å². The predicted octanol–water partition coefficient (Wildman–Crippen LogP) is 4.57. The molecule has 1 unspecified atom stereocenters. The third kappa shape index (κ3) is 5.72. The fourth-order valence-electron chi connectivity index (χ4n) is 2.87. The van der Waals surface area contributed by atoms with Crippen LogP contribution >= 0.6 is 15.9 Å². The Labute approximate surface area is 138 Å². The average Bonchev–Trinajstić information content (AvgIpc) is 2.38. The number of rotatable bonds is 4. The molecule has 0 aromatic heterocycles. The van der Waals surface area contributed by atoms with E-state index < -0.39 is 0 Å². The Kier molecular flexibility index (Phi) is 5.87. The van der Waals surface area contributed by atoms with E-state index in [1.54, 1.807) is 0 Å². The lowest BCUT2D eigenvalue weighted by atomic mass is 9.99. The van der Waals surface area contributed by atoms with Gasteiger partial charge in [0.2, 0.25) is 0 Å². The second kappa shape index (κ2) is 7.26. The van der Waals surface area contributed by atoms with Gasteiger partial charge in [-0.2, -0.15) is 0 Å². The number of halogens is 1. The Hall–Kier alpha value is -0.380. The van der Waals surface area contributed by atoms with Gasteiger partial charge in [0.25, 0.3) is 0 Å². The zero-order valence-electron chi connectivity index (χ0n) is 13.9. The molecular weight excluding hydrogens is 324 g/mol. The highest BCUT2D eigenvalue weighted by Crippen LogP contribution is 2.23. The van der Waals surface area contributed by atoms with Crippen molar-refractivity contribution in [2.24, 2.45) is 5.92 Å². The molecule has 0 aliphatic carbocycles. The summed E-state index contributed by atoms with van der Waals surface area (Å²) in [6.45, 7) is 13.4. The van der Waals surface area contributed by atoms with E-state index in [0.717, 1.165) is 19.0 Å². The number of nitrogens with zero attached hydrogens (tertiary/aromatic N) is 1. The van der Waals surface area contributed by atoms with Gasteiger partial charge in [0.05, 0.1) is 0 Å². The summed E-state index contributed by atoms with van der Waals surface area (Å²) >= 11 is 3.76. The summed E-state index contributed by atoms with van der Waals surface area (Å²) in [6.07, 6.45) is 2.72. The second-order valence-corrected chi connectivity index (χ2v) is 8.37. The third-order valence-corrected chi connectivity index (χ3v) is 4.81. The van der Waals surface area contributed by atoms with Crippen molar-refractivity contribution in [1.29, 1.82) is 0 Å². The van der Waals surface area contributed by atoms with Crippen molar-refractivity contribution in [3.05, 3.63) is 33.8 Å². The largest absolute Gasteiger partial charge is 0.308 e. The highest BCUT2D eigenvalue weighted by Gasteiger charge is 2.17. The zero-order chi connectivity index (χ0) is 15.5. The molecule has 0 amide bonds. The van der Waals surface area contributed by atoms with E-state index in [-0.39, 0.29) is 5.54 Å². The highest BCUT2D eigenvalue weighted by atomic mass is 79.9. The maximum atomic E-state index is 3.76. The molecule has 2 rings (SSSR count). The Morgan fingerprint density at radius 3 is 2.71 bits per heavy atom. The van der Waals surface area contributed by atoms with E-state index in [1.807, 2.05) is 0 Å². The summed E-state index contributed by atoms with van der Waals surface area (Å²) in [4.78, 5) is 2.58. The van der Waals surface area contributed by atoms with Crippen LogP contribution in [0.4, 0.5) is 0 Å². The van der Waals surface area contributed by atoms with Gasteiger partial charge in [0, 0.05) is 29.6 Å². The summed E-state index contributed by atoms with van der Waals surface area (Å²) in [5.74, 6) is 0.841. The lowest BCUT2D eigenvalue weighted by molar-refractivity contribution is 0.176. The molecule has 1 atom stereocenters. The minimum atomic E-state index is 0.162. The molecule has 1 N–H and O–H groups in total. The minimum absolute atomic E-state index is 0.162. The normalized spacial score (nSPS) is 20.7. The summed E-state index contributed by atoms with van der Waals surface area (Å²) in [5.41, 5.74) is 2.91. The van der Waals surface area contributed by atoms with Crippen molar-refractivity contribution in [2.45, 2.75) is 59.2 Å². The summed E-state index contributed by atoms with van der Waals surface area (Å²) in [6, 6.07) is 6.80. The van der Waals surface area contributed by atoms with E-state index in [1.165, 1.54) is 41.5 Å². The van der Waals surface area contributed by atoms with Crippen molar-refractivity contribution >= 4 is 15.9 Å². The molecule has 21 heavy (non-hydrogen) atoms. The van der Waals surface area contributed by atoms with Crippen LogP contribution in [0, 0.1) is 5.92 Å². The molecule has 1 aromatic rings. The van der Waals surface area contributed by atoms with Gasteiger partial charge in [-0.25, -0.2) is 0 Å². The first-order valence-electron chi connectivity index (χ1n) is 8.08. The van der Waals surface area contributed by atoms with Crippen LogP contribution in [0.15, 0.2) is 22.7 Å². The molecule has 1 aromatic carbocycles. The fraction of sp³-hybridized carbons (Fsp3) is 0.667. The molecule has 0 saturated carbocycles. The SMILES string of the molecule is CC1CCCN(Cc2ccc(CNC(C)(C)C)cc2Br)C1. The van der Waals surface area contributed by atoms with E-state index in [0.29, 0.717) is 0 Å². The van der Waals surface area contributed by atoms with E-state index in [4.69, 9.17) is 0 Å². The first kappa shape index (κ1) is 17.0. The Morgan fingerprint density at radius 1 is 1.33 bits per heavy atom. The number of hydrogen-bond donors (Lipinski definition) is 1. The molecule has 0 radical (unpaired) electrons. The summed E-state index contributed by atoms with van der Waals surface area (Å²) in [7, 11) is 0. The van der Waals surface area contributed by atoms with Crippen LogP contribution in [-0.2, 0) is 13.1 Å². The lowest BCUT2D eigenvalue weighted by Crippen LogP contribution is -2.35. The number of nitrogens with one attached hydrogen (secondary N) is 1. The molecule has 1 fully saturated rings. The highest BCUT2D eigenvalue weighted by molar-refractivity contribution is 9.10. The van der Waals surface area contributed by atoms with Gasteiger partial charge in [-0.1, -0.05) is 35.0 Å². The summed E-state index contributed by atoms with van der Waals surface area (Å²) < 4.78 is 1.24. The topological polar surface area (TPSA) is 15.3 Å². The maximum absolute atomic E-state index is 3.76. The molecule has 1 saturated heterocycles. The van der Waals surface area contributed by atoms with Crippen LogP contribution in [0.3, 0.4) is 0 Å². The Morgan fingerprint density at radius 2 is 2.10 bits per heavy atom. The van der Waals surface area contributed by atoms with Gasteiger partial charge in [-0.15, -0.1) is 0 Å². The molecule has 3 heteroatoms. The number of piperidine rings is 1. The van der Waals surface area contributed by atoms with E-state index in [9.17, 15) is 0 Å². The van der Waals surface area contributed by atoms with E-state index in [2.05, 4.69) is 72.0 Å². The van der Waals surface area contributed by atoms with Crippen LogP contribution in [0.5, 0.6) is 0 Å². The zero-order valence-corrected chi connectivity index (χ0v) is 15.5. The third-order valence-electron chi connectivity index (χ3n) is 4.08. The standard InChI is InChI=1S/C18H29BrN2/c1-14-6-5-9-21(12-14)13-16-8-7-15(10-17(16)19)11-20-18(2,3)4/h7-8,10,14,20H,5-6,9,11-13H2,1-4H3. The quantitative estimate of drug-likeness (QED) is 0.853. The van der Waals surface area contributed by atoms with Gasteiger partial charge in [0.1, 0.15) is 0 Å². The first-order chi connectivity index (χ1) is 9.83. The molecule has 1 heterocycles. The smallest absolute Gasteiger partial charge is 0.0245 e. The number of likely N-dealkylation sites (tertiary alicyclic amines) is 1. The van der Waals surface area contributed by atoms with Crippen LogP contribution in [0.2, 0.25) is 0 Å². The monoisotopic (exact) mass is 352 g/mol. The van der Waals surface area contributed by atoms with Gasteiger partial charge >= 0.3 is 0 Å². The Bertz CT molecular complexity index is 465. The van der Waals surface area contributed by atoms with Gasteiger partial charge in [-0.05, 0) is 63.3 Å². The van der Waals surface area contributed by atoms with E-state index >= 15 is 0 Å². The second-order valence-electron chi connectivity index (χ2n) is 7.51. The average molecular weight is 353 g/mol. The van der Waals surface area contributed by atoms with Crippen molar-refractivity contribution in [2.75, 3.05) is 13.1 Å². The van der Waals surface area contributed by atoms with Gasteiger partial charge in [-0.3, -0.25) is 4.90 Å². The molecule has 0 bridgehead atoms. The van der Waals surface area contributed by atoms with Crippen LogP contribution in [0.1, 0.15) is 51.7 Å². The molecule has 1 aliphatic heterocycles. The molecule has 2 nitrogen and oxygen atoms in total.